The van der Waals surface area contributed by atoms with E-state index in [0.717, 1.165) is 68.4 Å². The van der Waals surface area contributed by atoms with Gasteiger partial charge in [0, 0.05) is 27.3 Å². The highest BCUT2D eigenvalue weighted by Crippen LogP contribution is 2.46. The number of hydrogen-bond donors (Lipinski definition) is 0. The molecule has 1 aromatic heterocycles. The second-order valence-corrected chi connectivity index (χ2v) is 10.6. The number of Topliss-reactive ketones (excluding diaryl/α,β-unsaturated/α-hetero) is 2. The number of hydrogen-bond acceptors (Lipinski definition) is 4. The first-order chi connectivity index (χ1) is 15.4. The van der Waals surface area contributed by atoms with E-state index in [1.165, 1.54) is 0 Å². The van der Waals surface area contributed by atoms with Crippen LogP contribution in [0.15, 0.2) is 36.4 Å². The van der Waals surface area contributed by atoms with Gasteiger partial charge in [-0.3, -0.25) is 9.59 Å². The smallest absolute Gasteiger partial charge is 0.152 e. The van der Waals surface area contributed by atoms with E-state index in [1.54, 1.807) is 11.3 Å². The molecule has 2 bridgehead atoms. The maximum absolute atomic E-state index is 13.0. The topological polar surface area (TPSA) is 47.0 Å². The van der Waals surface area contributed by atoms with E-state index in [9.17, 15) is 9.59 Å². The van der Waals surface area contributed by atoms with Crippen LogP contribution in [0.5, 0.6) is 0 Å². The second-order valence-electron chi connectivity index (χ2n) is 9.12. The molecule has 3 atom stereocenters. The largest absolute Gasteiger partial charge is 0.298 e. The van der Waals surface area contributed by atoms with Crippen LogP contribution in [0.25, 0.3) is 21.7 Å². The summed E-state index contributed by atoms with van der Waals surface area (Å²) in [5, 5.41) is 1.66. The van der Waals surface area contributed by atoms with Crippen LogP contribution in [0, 0.1) is 25.7 Å². The molecule has 0 N–H and O–H groups in total. The average molecular weight is 464 g/mol. The highest BCUT2D eigenvalue weighted by Gasteiger charge is 2.48. The van der Waals surface area contributed by atoms with Crippen molar-refractivity contribution in [3.8, 4) is 21.7 Å². The van der Waals surface area contributed by atoms with Crippen molar-refractivity contribution in [1.82, 2.24) is 4.98 Å². The van der Waals surface area contributed by atoms with E-state index in [2.05, 4.69) is 38.1 Å². The molecule has 32 heavy (non-hydrogen) atoms. The summed E-state index contributed by atoms with van der Waals surface area (Å²) in [5.74, 6) is -0.373. The van der Waals surface area contributed by atoms with Crippen LogP contribution in [0.1, 0.15) is 53.8 Å². The number of fused-ring (bicyclic) bond motifs is 2. The van der Waals surface area contributed by atoms with E-state index < -0.39 is 5.92 Å². The number of carbonyl (C=O) groups excluding carboxylic acids is 2. The molecule has 1 unspecified atom stereocenters. The fraction of sp³-hybridized carbons (Fsp3) is 0.370. The molecule has 5 rings (SSSR count). The lowest BCUT2D eigenvalue weighted by Gasteiger charge is -2.24. The summed E-state index contributed by atoms with van der Waals surface area (Å²) >= 11 is 7.81. The maximum Gasteiger partial charge on any atom is 0.152 e. The lowest BCUT2D eigenvalue weighted by Crippen LogP contribution is -2.35. The predicted octanol–water partition coefficient (Wildman–Crippen LogP) is 6.96. The molecule has 0 saturated heterocycles. The minimum absolute atomic E-state index is 0.0434. The molecule has 2 aliphatic carbocycles. The van der Waals surface area contributed by atoms with Gasteiger partial charge in [0.15, 0.2) is 11.6 Å². The third-order valence-electron chi connectivity index (χ3n) is 7.07. The first-order valence-corrected chi connectivity index (χ1v) is 12.5. The number of aromatic nitrogens is 1. The summed E-state index contributed by atoms with van der Waals surface area (Å²) in [6.45, 7) is 6.19. The third kappa shape index (κ3) is 3.54. The van der Waals surface area contributed by atoms with Gasteiger partial charge in [0.25, 0.3) is 0 Å². The van der Waals surface area contributed by atoms with Gasteiger partial charge in [0.2, 0.25) is 0 Å². The summed E-state index contributed by atoms with van der Waals surface area (Å²) in [6, 6.07) is 12.4. The Morgan fingerprint density at radius 3 is 2.25 bits per heavy atom. The van der Waals surface area contributed by atoms with Crippen LogP contribution in [-0.2, 0) is 16.0 Å². The minimum atomic E-state index is -0.654. The van der Waals surface area contributed by atoms with Crippen molar-refractivity contribution in [2.75, 3.05) is 0 Å². The lowest BCUT2D eigenvalue weighted by atomic mass is 9.77. The van der Waals surface area contributed by atoms with Crippen LogP contribution < -0.4 is 0 Å². The van der Waals surface area contributed by atoms with Crippen molar-refractivity contribution in [1.29, 1.82) is 0 Å². The first kappa shape index (κ1) is 21.5. The molecule has 2 aliphatic rings. The lowest BCUT2D eigenvalue weighted by molar-refractivity contribution is -0.136. The van der Waals surface area contributed by atoms with Gasteiger partial charge in [-0.2, -0.15) is 0 Å². The number of ketones is 2. The Kier molecular flexibility index (Phi) is 5.55. The van der Waals surface area contributed by atoms with Gasteiger partial charge in [-0.05, 0) is 80.0 Å². The standard InChI is InChI=1S/C27H26ClNO2S/c1-4-22-24(23-25(30)17-5-6-18(13-17)26(23)31)29-27(32-22)19-7-9-20(14(2)11-19)16-8-10-21(28)15(3)12-16/h7-12,17-18,23H,4-6,13H2,1-3H3/t17-,18+,23?. The Bertz CT molecular complexity index is 1220. The van der Waals surface area contributed by atoms with Gasteiger partial charge in [0.05, 0.1) is 5.69 Å². The minimum Gasteiger partial charge on any atom is -0.298 e. The van der Waals surface area contributed by atoms with E-state index in [1.807, 2.05) is 19.1 Å². The second kappa shape index (κ2) is 8.24. The molecule has 3 aromatic rings. The van der Waals surface area contributed by atoms with Crippen molar-refractivity contribution in [3.05, 3.63) is 63.1 Å². The first-order valence-electron chi connectivity index (χ1n) is 11.3. The van der Waals surface area contributed by atoms with Gasteiger partial charge in [0.1, 0.15) is 10.9 Å². The number of carbonyl (C=O) groups is 2. The molecule has 1 heterocycles. The number of rotatable bonds is 4. The molecule has 0 spiro atoms. The number of nitrogens with zero attached hydrogens (tertiary/aromatic N) is 1. The molecule has 5 heteroatoms. The summed E-state index contributed by atoms with van der Waals surface area (Å²) in [5.41, 5.74) is 6.26. The molecule has 0 radical (unpaired) electrons. The number of halogens is 1. The molecular formula is C27H26ClNO2S. The Hall–Kier alpha value is -2.30. The van der Waals surface area contributed by atoms with Crippen molar-refractivity contribution < 1.29 is 9.59 Å². The third-order valence-corrected chi connectivity index (χ3v) is 8.76. The highest BCUT2D eigenvalue weighted by molar-refractivity contribution is 7.15. The summed E-state index contributed by atoms with van der Waals surface area (Å²) < 4.78 is 0. The summed E-state index contributed by atoms with van der Waals surface area (Å²) in [6.07, 6.45) is 3.24. The zero-order chi connectivity index (χ0) is 22.6. The van der Waals surface area contributed by atoms with Gasteiger partial charge in [-0.15, -0.1) is 11.3 Å². The molecule has 2 fully saturated rings. The number of thiazole rings is 1. The highest BCUT2D eigenvalue weighted by atomic mass is 35.5. The quantitative estimate of drug-likeness (QED) is 0.393. The zero-order valence-corrected chi connectivity index (χ0v) is 20.1. The summed E-state index contributed by atoms with van der Waals surface area (Å²) in [7, 11) is 0. The van der Waals surface area contributed by atoms with Crippen molar-refractivity contribution >= 4 is 34.5 Å². The number of aryl methyl sites for hydroxylation is 3. The van der Waals surface area contributed by atoms with Crippen LogP contribution in [-0.4, -0.2) is 16.6 Å². The van der Waals surface area contributed by atoms with E-state index in [0.29, 0.717) is 5.69 Å². The average Bonchev–Trinajstić information content (AvgIpc) is 3.41. The van der Waals surface area contributed by atoms with Crippen molar-refractivity contribution in [2.24, 2.45) is 11.8 Å². The fourth-order valence-electron chi connectivity index (χ4n) is 5.28. The van der Waals surface area contributed by atoms with E-state index in [-0.39, 0.29) is 23.4 Å². The van der Waals surface area contributed by atoms with Crippen LogP contribution >= 0.6 is 22.9 Å². The van der Waals surface area contributed by atoms with Gasteiger partial charge < -0.3 is 0 Å². The Labute approximate surface area is 197 Å². The molecule has 2 aromatic carbocycles. The molecular weight excluding hydrogens is 438 g/mol. The molecule has 3 nitrogen and oxygen atoms in total. The molecule has 0 amide bonds. The Morgan fingerprint density at radius 1 is 0.969 bits per heavy atom. The Morgan fingerprint density at radius 2 is 1.62 bits per heavy atom. The normalized spacial score (nSPS) is 22.6. The molecule has 2 saturated carbocycles. The summed E-state index contributed by atoms with van der Waals surface area (Å²) in [4.78, 5) is 32.1. The SMILES string of the molecule is CCc1sc(-c2ccc(-c3ccc(Cl)c(C)c3)c(C)c2)nc1C1C(=O)[C@@H]2CC[C@@H](C2)C1=O. The van der Waals surface area contributed by atoms with E-state index in [4.69, 9.17) is 16.6 Å². The van der Waals surface area contributed by atoms with Crippen LogP contribution in [0.4, 0.5) is 0 Å². The van der Waals surface area contributed by atoms with Crippen molar-refractivity contribution in [2.45, 2.75) is 52.4 Å². The van der Waals surface area contributed by atoms with Crippen LogP contribution in [0.3, 0.4) is 0 Å². The number of benzene rings is 2. The zero-order valence-electron chi connectivity index (χ0n) is 18.6. The molecule has 0 aliphatic heterocycles. The van der Waals surface area contributed by atoms with Crippen LogP contribution in [0.2, 0.25) is 5.02 Å². The van der Waals surface area contributed by atoms with Gasteiger partial charge in [-0.25, -0.2) is 4.98 Å². The predicted molar refractivity (Wildman–Crippen MR) is 130 cm³/mol. The van der Waals surface area contributed by atoms with Crippen molar-refractivity contribution in [3.63, 3.8) is 0 Å². The monoisotopic (exact) mass is 463 g/mol. The molecule has 164 valence electrons. The van der Waals surface area contributed by atoms with Gasteiger partial charge in [-0.1, -0.05) is 36.7 Å². The Balaban J connectivity index is 1.51. The fourth-order valence-corrected chi connectivity index (χ4v) is 6.43. The maximum atomic E-state index is 13.0. The van der Waals surface area contributed by atoms with E-state index >= 15 is 0 Å². The van der Waals surface area contributed by atoms with Gasteiger partial charge >= 0.3 is 0 Å².